The van der Waals surface area contributed by atoms with Crippen molar-refractivity contribution in [3.8, 4) is 0 Å². The molecule has 0 amide bonds. The molecule has 0 atom stereocenters. The molecule has 1 aliphatic rings. The molecular formula is C14H30O4Si. The van der Waals surface area contributed by atoms with E-state index < -0.39 is 9.28 Å². The number of hydrogen-bond acceptors (Lipinski definition) is 4. The lowest BCUT2D eigenvalue weighted by atomic mass is 9.82. The van der Waals surface area contributed by atoms with Crippen molar-refractivity contribution in [1.82, 2.24) is 0 Å². The van der Waals surface area contributed by atoms with Gasteiger partial charge >= 0.3 is 9.28 Å². The fourth-order valence-corrected chi connectivity index (χ4v) is 3.66. The summed E-state index contributed by atoms with van der Waals surface area (Å²) in [5.74, 6) is 0. The van der Waals surface area contributed by atoms with Crippen LogP contribution in [0.4, 0.5) is 0 Å². The number of rotatable bonds is 12. The molecule has 1 heterocycles. The molecule has 0 aromatic rings. The molecule has 0 bridgehead atoms. The van der Waals surface area contributed by atoms with Crippen molar-refractivity contribution in [3.63, 3.8) is 0 Å². The molecule has 0 spiro atoms. The predicted octanol–water partition coefficient (Wildman–Crippen LogP) is 2.50. The van der Waals surface area contributed by atoms with E-state index in [1.807, 2.05) is 0 Å². The minimum absolute atomic E-state index is 0.326. The SMILES string of the molecule is CCCCC1(COCCCC[SiH](OC)OC)COC1. The highest BCUT2D eigenvalue weighted by Gasteiger charge is 2.37. The first-order valence-corrected chi connectivity index (χ1v) is 9.23. The monoisotopic (exact) mass is 290 g/mol. The van der Waals surface area contributed by atoms with Gasteiger partial charge in [-0.2, -0.15) is 0 Å². The molecule has 114 valence electrons. The van der Waals surface area contributed by atoms with Crippen LogP contribution < -0.4 is 0 Å². The van der Waals surface area contributed by atoms with Gasteiger partial charge in [0.15, 0.2) is 0 Å². The van der Waals surface area contributed by atoms with Crippen LogP contribution in [0.2, 0.25) is 6.04 Å². The van der Waals surface area contributed by atoms with E-state index in [1.165, 1.54) is 19.3 Å². The normalized spacial score (nSPS) is 17.7. The summed E-state index contributed by atoms with van der Waals surface area (Å²) in [6.45, 7) is 5.72. The Morgan fingerprint density at radius 2 is 1.84 bits per heavy atom. The van der Waals surface area contributed by atoms with Gasteiger partial charge in [-0.15, -0.1) is 0 Å². The molecule has 1 saturated heterocycles. The minimum atomic E-state index is -1.36. The number of unbranched alkanes of at least 4 members (excludes halogenated alkanes) is 2. The predicted molar refractivity (Wildman–Crippen MR) is 78.8 cm³/mol. The topological polar surface area (TPSA) is 36.9 Å². The van der Waals surface area contributed by atoms with Crippen LogP contribution in [0.25, 0.3) is 0 Å². The molecule has 0 radical (unpaired) electrons. The maximum absolute atomic E-state index is 5.84. The Balaban J connectivity index is 2.00. The van der Waals surface area contributed by atoms with Crippen molar-refractivity contribution in [3.05, 3.63) is 0 Å². The van der Waals surface area contributed by atoms with Gasteiger partial charge in [0.1, 0.15) is 0 Å². The van der Waals surface area contributed by atoms with E-state index in [-0.39, 0.29) is 0 Å². The van der Waals surface area contributed by atoms with Crippen LogP contribution in [0.15, 0.2) is 0 Å². The average molecular weight is 290 g/mol. The third-order valence-electron chi connectivity index (χ3n) is 3.79. The maximum atomic E-state index is 5.84. The summed E-state index contributed by atoms with van der Waals surface area (Å²) in [7, 11) is 2.12. The van der Waals surface area contributed by atoms with Crippen LogP contribution in [-0.4, -0.2) is 49.9 Å². The quantitative estimate of drug-likeness (QED) is 0.409. The van der Waals surface area contributed by atoms with Crippen molar-refractivity contribution in [2.75, 3.05) is 40.6 Å². The molecule has 5 heteroatoms. The van der Waals surface area contributed by atoms with Crippen LogP contribution in [0.3, 0.4) is 0 Å². The third kappa shape index (κ3) is 6.36. The van der Waals surface area contributed by atoms with Gasteiger partial charge in [0.25, 0.3) is 0 Å². The summed E-state index contributed by atoms with van der Waals surface area (Å²) in [6, 6.07) is 1.07. The molecule has 4 nitrogen and oxygen atoms in total. The first kappa shape index (κ1) is 17.1. The van der Waals surface area contributed by atoms with Crippen molar-refractivity contribution in [2.24, 2.45) is 5.41 Å². The lowest BCUT2D eigenvalue weighted by Gasteiger charge is -2.41. The molecule has 19 heavy (non-hydrogen) atoms. The molecule has 1 rings (SSSR count). The lowest BCUT2D eigenvalue weighted by Crippen LogP contribution is -2.46. The summed E-state index contributed by atoms with van der Waals surface area (Å²) in [6.07, 6.45) is 6.01. The zero-order valence-electron chi connectivity index (χ0n) is 12.8. The largest absolute Gasteiger partial charge is 0.400 e. The Kier molecular flexibility index (Phi) is 8.90. The molecule has 0 aliphatic carbocycles. The average Bonchev–Trinajstić information content (AvgIpc) is 2.39. The van der Waals surface area contributed by atoms with Gasteiger partial charge in [-0.05, 0) is 25.3 Å². The van der Waals surface area contributed by atoms with Crippen LogP contribution in [-0.2, 0) is 18.3 Å². The van der Waals surface area contributed by atoms with E-state index in [4.69, 9.17) is 18.3 Å². The minimum Gasteiger partial charge on any atom is -0.400 e. The van der Waals surface area contributed by atoms with Crippen LogP contribution in [0, 0.1) is 5.41 Å². The molecule has 0 saturated carbocycles. The van der Waals surface area contributed by atoms with Crippen molar-refractivity contribution in [2.45, 2.75) is 45.1 Å². The molecule has 0 unspecified atom stereocenters. The van der Waals surface area contributed by atoms with Crippen LogP contribution in [0.1, 0.15) is 39.0 Å². The highest BCUT2D eigenvalue weighted by molar-refractivity contribution is 6.44. The highest BCUT2D eigenvalue weighted by atomic mass is 28.3. The van der Waals surface area contributed by atoms with E-state index >= 15 is 0 Å². The second kappa shape index (κ2) is 9.88. The van der Waals surface area contributed by atoms with E-state index in [9.17, 15) is 0 Å². The van der Waals surface area contributed by atoms with Crippen molar-refractivity contribution < 1.29 is 18.3 Å². The third-order valence-corrected chi connectivity index (χ3v) is 5.72. The molecule has 1 fully saturated rings. The number of ether oxygens (including phenoxy) is 2. The Bertz CT molecular complexity index is 217. The Labute approximate surface area is 119 Å². The molecule has 1 aliphatic heterocycles. The molecule has 0 N–H and O–H groups in total. The summed E-state index contributed by atoms with van der Waals surface area (Å²) in [5.41, 5.74) is 0.326. The van der Waals surface area contributed by atoms with Gasteiger partial charge in [-0.3, -0.25) is 0 Å². The van der Waals surface area contributed by atoms with E-state index in [0.717, 1.165) is 45.3 Å². The highest BCUT2D eigenvalue weighted by Crippen LogP contribution is 2.33. The van der Waals surface area contributed by atoms with Crippen molar-refractivity contribution in [1.29, 1.82) is 0 Å². The van der Waals surface area contributed by atoms with Gasteiger partial charge in [-0.1, -0.05) is 19.8 Å². The zero-order valence-corrected chi connectivity index (χ0v) is 13.9. The maximum Gasteiger partial charge on any atom is 0.320 e. The summed E-state index contributed by atoms with van der Waals surface area (Å²) < 4.78 is 21.8. The van der Waals surface area contributed by atoms with Gasteiger partial charge < -0.3 is 18.3 Å². The zero-order chi connectivity index (χ0) is 14.0. The summed E-state index contributed by atoms with van der Waals surface area (Å²) >= 11 is 0. The summed E-state index contributed by atoms with van der Waals surface area (Å²) in [4.78, 5) is 0. The lowest BCUT2D eigenvalue weighted by molar-refractivity contribution is -0.153. The van der Waals surface area contributed by atoms with Gasteiger partial charge in [0, 0.05) is 26.2 Å². The van der Waals surface area contributed by atoms with Gasteiger partial charge in [0.05, 0.1) is 19.8 Å². The first-order chi connectivity index (χ1) is 9.26. The second-order valence-electron chi connectivity index (χ2n) is 5.55. The first-order valence-electron chi connectivity index (χ1n) is 7.47. The summed E-state index contributed by atoms with van der Waals surface area (Å²) in [5, 5.41) is 0. The van der Waals surface area contributed by atoms with E-state index in [1.54, 1.807) is 14.2 Å². The van der Waals surface area contributed by atoms with E-state index in [2.05, 4.69) is 6.92 Å². The van der Waals surface area contributed by atoms with Gasteiger partial charge in [0.2, 0.25) is 0 Å². The molecular weight excluding hydrogens is 260 g/mol. The van der Waals surface area contributed by atoms with Crippen LogP contribution in [0.5, 0.6) is 0 Å². The van der Waals surface area contributed by atoms with Crippen molar-refractivity contribution >= 4 is 9.28 Å². The van der Waals surface area contributed by atoms with E-state index in [0.29, 0.717) is 5.41 Å². The standard InChI is InChI=1S/C14H30O4Si/c1-4-5-8-14(12-18-13-14)11-17-9-6-7-10-19(15-2)16-3/h19H,4-13H2,1-3H3. The smallest absolute Gasteiger partial charge is 0.320 e. The Hall–Kier alpha value is 0.0569. The fraction of sp³-hybridized carbons (Fsp3) is 1.00. The van der Waals surface area contributed by atoms with Gasteiger partial charge in [-0.25, -0.2) is 0 Å². The number of hydrogen-bond donors (Lipinski definition) is 0. The molecule has 0 aromatic heterocycles. The molecule has 0 aromatic carbocycles. The second-order valence-corrected chi connectivity index (χ2v) is 7.92. The Morgan fingerprint density at radius 3 is 2.37 bits per heavy atom. The fourth-order valence-electron chi connectivity index (χ4n) is 2.38. The van der Waals surface area contributed by atoms with Crippen LogP contribution >= 0.6 is 0 Å². The Morgan fingerprint density at radius 1 is 1.11 bits per heavy atom.